The summed E-state index contributed by atoms with van der Waals surface area (Å²) in [5, 5.41) is 6.62. The Morgan fingerprint density at radius 3 is 2.83 bits per heavy atom. The molecule has 12 heavy (non-hydrogen) atoms. The van der Waals surface area contributed by atoms with Gasteiger partial charge in [-0.2, -0.15) is 0 Å². The van der Waals surface area contributed by atoms with E-state index in [0.717, 1.165) is 6.42 Å². The average molecular weight is 168 g/mol. The molecule has 0 bridgehead atoms. The van der Waals surface area contributed by atoms with Crippen LogP contribution >= 0.6 is 0 Å². The van der Waals surface area contributed by atoms with Gasteiger partial charge in [0.05, 0.1) is 6.61 Å². The lowest BCUT2D eigenvalue weighted by molar-refractivity contribution is 0.170. The van der Waals surface area contributed by atoms with Gasteiger partial charge in [-0.15, -0.1) is 5.10 Å². The minimum absolute atomic E-state index is 0.235. The molecule has 0 unspecified atom stereocenters. The topological polar surface area (TPSA) is 37.9 Å². The van der Waals surface area contributed by atoms with Crippen molar-refractivity contribution in [1.82, 2.24) is 10.2 Å². The second-order valence-corrected chi connectivity index (χ2v) is 3.72. The van der Waals surface area contributed by atoms with Crippen LogP contribution in [-0.2, 0) is 0 Å². The molecule has 0 fully saturated rings. The highest BCUT2D eigenvalue weighted by molar-refractivity contribution is 5.04. The highest BCUT2D eigenvalue weighted by Gasteiger charge is 2.16. The predicted octanol–water partition coefficient (Wildman–Crippen LogP) is 2.22. The molecular weight excluding hydrogens is 152 g/mol. The number of nitrogens with zero attached hydrogens (tertiary/aromatic N) is 1. The summed E-state index contributed by atoms with van der Waals surface area (Å²) >= 11 is 0. The fraction of sp³-hybridized carbons (Fsp3) is 0.667. The molecule has 0 aliphatic rings. The molecule has 1 rings (SSSR count). The summed E-state index contributed by atoms with van der Waals surface area (Å²) in [4.78, 5) is 0. The Labute approximate surface area is 73.1 Å². The van der Waals surface area contributed by atoms with Crippen molar-refractivity contribution in [3.8, 4) is 5.88 Å². The van der Waals surface area contributed by atoms with Crippen molar-refractivity contribution < 1.29 is 4.74 Å². The molecular formula is C9H16N2O. The minimum Gasteiger partial charge on any atom is -0.476 e. The largest absolute Gasteiger partial charge is 0.476 e. The Kier molecular flexibility index (Phi) is 2.74. The molecule has 0 radical (unpaired) electrons. The molecule has 0 saturated heterocycles. The highest BCUT2D eigenvalue weighted by Crippen LogP contribution is 2.20. The van der Waals surface area contributed by atoms with E-state index >= 15 is 0 Å². The van der Waals surface area contributed by atoms with Crippen molar-refractivity contribution in [2.24, 2.45) is 5.41 Å². The van der Waals surface area contributed by atoms with Crippen LogP contribution < -0.4 is 4.74 Å². The molecule has 0 aliphatic carbocycles. The molecule has 1 N–H and O–H groups in total. The molecule has 0 spiro atoms. The molecule has 0 saturated carbocycles. The first-order valence-electron chi connectivity index (χ1n) is 4.26. The van der Waals surface area contributed by atoms with Crippen LogP contribution in [0, 0.1) is 5.41 Å². The van der Waals surface area contributed by atoms with Crippen LogP contribution in [0.3, 0.4) is 0 Å². The van der Waals surface area contributed by atoms with Gasteiger partial charge >= 0.3 is 0 Å². The van der Waals surface area contributed by atoms with Gasteiger partial charge in [-0.05, 0) is 11.8 Å². The molecule has 0 amide bonds. The summed E-state index contributed by atoms with van der Waals surface area (Å²) in [5.74, 6) is 0.677. The third-order valence-electron chi connectivity index (χ3n) is 2.04. The first-order valence-corrected chi connectivity index (χ1v) is 4.26. The number of aromatic amines is 1. The van der Waals surface area contributed by atoms with E-state index in [1.807, 2.05) is 6.07 Å². The van der Waals surface area contributed by atoms with Crippen LogP contribution in [0.5, 0.6) is 5.88 Å². The molecule has 3 nitrogen and oxygen atoms in total. The lowest BCUT2D eigenvalue weighted by Crippen LogP contribution is -2.20. The van der Waals surface area contributed by atoms with E-state index in [2.05, 4.69) is 31.0 Å². The van der Waals surface area contributed by atoms with Crippen LogP contribution in [0.4, 0.5) is 0 Å². The van der Waals surface area contributed by atoms with Gasteiger partial charge in [-0.25, -0.2) is 0 Å². The second kappa shape index (κ2) is 3.61. The number of nitrogens with one attached hydrogen (secondary N) is 1. The fourth-order valence-electron chi connectivity index (χ4n) is 0.698. The van der Waals surface area contributed by atoms with Gasteiger partial charge in [0.25, 0.3) is 0 Å². The van der Waals surface area contributed by atoms with Gasteiger partial charge in [0, 0.05) is 12.3 Å². The quantitative estimate of drug-likeness (QED) is 0.748. The molecule has 1 aromatic rings. The number of hydrogen-bond donors (Lipinski definition) is 1. The maximum atomic E-state index is 5.46. The Morgan fingerprint density at radius 1 is 1.58 bits per heavy atom. The smallest absolute Gasteiger partial charge is 0.232 e. The third-order valence-corrected chi connectivity index (χ3v) is 2.04. The first kappa shape index (κ1) is 9.10. The number of ether oxygens (including phenoxy) is 1. The molecule has 0 aliphatic heterocycles. The number of hydrogen-bond acceptors (Lipinski definition) is 2. The number of rotatable bonds is 4. The normalized spacial score (nSPS) is 11.6. The van der Waals surface area contributed by atoms with E-state index in [9.17, 15) is 0 Å². The van der Waals surface area contributed by atoms with Crippen molar-refractivity contribution in [3.63, 3.8) is 0 Å². The Balaban J connectivity index is 2.36. The zero-order chi connectivity index (χ0) is 9.03. The number of H-pyrrole nitrogens is 1. The van der Waals surface area contributed by atoms with Crippen LogP contribution in [-0.4, -0.2) is 16.8 Å². The van der Waals surface area contributed by atoms with E-state index in [1.54, 1.807) is 6.20 Å². The Morgan fingerprint density at radius 2 is 2.33 bits per heavy atom. The SMILES string of the molecule is CCC(C)(C)COc1cc[nH]n1. The molecule has 1 heterocycles. The third kappa shape index (κ3) is 2.57. The zero-order valence-corrected chi connectivity index (χ0v) is 7.92. The molecule has 1 aromatic heterocycles. The Bertz CT molecular complexity index is 216. The van der Waals surface area contributed by atoms with E-state index in [1.165, 1.54) is 0 Å². The lowest BCUT2D eigenvalue weighted by Gasteiger charge is -2.21. The lowest BCUT2D eigenvalue weighted by atomic mass is 9.92. The summed E-state index contributed by atoms with van der Waals surface area (Å²) in [6.07, 6.45) is 2.87. The van der Waals surface area contributed by atoms with Gasteiger partial charge < -0.3 is 4.74 Å². The van der Waals surface area contributed by atoms with Crippen LogP contribution in [0.25, 0.3) is 0 Å². The van der Waals surface area contributed by atoms with E-state index < -0.39 is 0 Å². The van der Waals surface area contributed by atoms with Gasteiger partial charge in [0.2, 0.25) is 5.88 Å². The Hall–Kier alpha value is -0.990. The molecule has 0 aromatic carbocycles. The highest BCUT2D eigenvalue weighted by atomic mass is 16.5. The van der Waals surface area contributed by atoms with Crippen molar-refractivity contribution >= 4 is 0 Å². The van der Waals surface area contributed by atoms with Crippen molar-refractivity contribution in [2.75, 3.05) is 6.61 Å². The predicted molar refractivity (Wildman–Crippen MR) is 48.2 cm³/mol. The van der Waals surface area contributed by atoms with Crippen molar-refractivity contribution in [1.29, 1.82) is 0 Å². The van der Waals surface area contributed by atoms with Crippen LogP contribution in [0.15, 0.2) is 12.3 Å². The summed E-state index contributed by atoms with van der Waals surface area (Å²) in [6.45, 7) is 7.24. The van der Waals surface area contributed by atoms with Gasteiger partial charge in [-0.1, -0.05) is 20.8 Å². The molecule has 68 valence electrons. The minimum atomic E-state index is 0.235. The van der Waals surface area contributed by atoms with Gasteiger partial charge in [0.15, 0.2) is 0 Å². The van der Waals surface area contributed by atoms with Crippen molar-refractivity contribution in [3.05, 3.63) is 12.3 Å². The monoisotopic (exact) mass is 168 g/mol. The maximum Gasteiger partial charge on any atom is 0.232 e. The van der Waals surface area contributed by atoms with Gasteiger partial charge in [0.1, 0.15) is 0 Å². The first-order chi connectivity index (χ1) is 5.64. The summed E-state index contributed by atoms with van der Waals surface area (Å²) in [5.41, 5.74) is 0.235. The summed E-state index contributed by atoms with van der Waals surface area (Å²) in [7, 11) is 0. The van der Waals surface area contributed by atoms with E-state index in [0.29, 0.717) is 12.5 Å². The summed E-state index contributed by atoms with van der Waals surface area (Å²) in [6, 6.07) is 1.83. The van der Waals surface area contributed by atoms with E-state index in [4.69, 9.17) is 4.74 Å². The molecule has 0 atom stereocenters. The zero-order valence-electron chi connectivity index (χ0n) is 7.92. The van der Waals surface area contributed by atoms with Crippen LogP contribution in [0.1, 0.15) is 27.2 Å². The second-order valence-electron chi connectivity index (χ2n) is 3.72. The molecule has 3 heteroatoms. The summed E-state index contributed by atoms with van der Waals surface area (Å²) < 4.78 is 5.46. The van der Waals surface area contributed by atoms with Crippen LogP contribution in [0.2, 0.25) is 0 Å². The van der Waals surface area contributed by atoms with Gasteiger partial charge in [-0.3, -0.25) is 5.10 Å². The maximum absolute atomic E-state index is 5.46. The number of aromatic nitrogens is 2. The van der Waals surface area contributed by atoms with E-state index in [-0.39, 0.29) is 5.41 Å². The van der Waals surface area contributed by atoms with Crippen molar-refractivity contribution in [2.45, 2.75) is 27.2 Å². The average Bonchev–Trinajstić information content (AvgIpc) is 2.53. The standard InChI is InChI=1S/C9H16N2O/c1-4-9(2,3)7-12-8-5-6-10-11-8/h5-6H,4,7H2,1-3H3,(H,10,11). The fourth-order valence-corrected chi connectivity index (χ4v) is 0.698.